The number of aromatic nitrogens is 3. The first-order valence-corrected chi connectivity index (χ1v) is 10.1. The van der Waals surface area contributed by atoms with Crippen LogP contribution < -0.4 is 10.1 Å². The number of amides is 1. The largest absolute Gasteiger partial charge is 0.483 e. The van der Waals surface area contributed by atoms with Crippen LogP contribution in [0.15, 0.2) is 53.7 Å². The molecule has 3 aromatic rings. The lowest BCUT2D eigenvalue weighted by Gasteiger charge is -2.14. The van der Waals surface area contributed by atoms with Gasteiger partial charge in [-0.25, -0.2) is 0 Å². The highest BCUT2D eigenvalue weighted by atomic mass is 32.2. The van der Waals surface area contributed by atoms with E-state index < -0.39 is 4.92 Å². The second-order valence-electron chi connectivity index (χ2n) is 6.59. The van der Waals surface area contributed by atoms with Gasteiger partial charge in [0.05, 0.1) is 10.7 Å². The van der Waals surface area contributed by atoms with E-state index in [2.05, 4.69) is 15.5 Å². The molecule has 0 radical (unpaired) electrons. The number of rotatable bonds is 8. The van der Waals surface area contributed by atoms with Crippen LogP contribution in [-0.4, -0.2) is 31.3 Å². The van der Waals surface area contributed by atoms with Crippen LogP contribution in [0.5, 0.6) is 5.75 Å². The van der Waals surface area contributed by atoms with Gasteiger partial charge in [-0.05, 0) is 37.6 Å². The van der Waals surface area contributed by atoms with Crippen LogP contribution >= 0.6 is 11.8 Å². The van der Waals surface area contributed by atoms with Gasteiger partial charge in [-0.2, -0.15) is 0 Å². The smallest absolute Gasteiger partial charge is 0.292 e. The maximum atomic E-state index is 12.2. The first-order chi connectivity index (χ1) is 14.3. The lowest BCUT2D eigenvalue weighted by molar-refractivity contribution is -0.383. The Kier molecular flexibility index (Phi) is 6.68. The summed E-state index contributed by atoms with van der Waals surface area (Å²) in [5.41, 5.74) is 1.10. The van der Waals surface area contributed by atoms with Crippen molar-refractivity contribution in [2.45, 2.75) is 25.1 Å². The summed E-state index contributed by atoms with van der Waals surface area (Å²) in [6.07, 6.45) is -0.334. The molecule has 2 aromatic carbocycles. The Bertz CT molecular complexity index is 1070. The summed E-state index contributed by atoms with van der Waals surface area (Å²) in [5, 5.41) is 22.5. The molecule has 0 bridgehead atoms. The normalized spacial score (nSPS) is 11.7. The van der Waals surface area contributed by atoms with Gasteiger partial charge in [0.1, 0.15) is 11.4 Å². The quantitative estimate of drug-likeness (QED) is 0.329. The summed E-state index contributed by atoms with van der Waals surface area (Å²) in [6, 6.07) is 13.7. The van der Waals surface area contributed by atoms with Crippen LogP contribution in [-0.2, 0) is 11.8 Å². The summed E-state index contributed by atoms with van der Waals surface area (Å²) < 4.78 is 7.71. The van der Waals surface area contributed by atoms with E-state index in [1.165, 1.54) is 23.9 Å². The van der Waals surface area contributed by atoms with Crippen molar-refractivity contribution in [2.75, 3.05) is 11.1 Å². The minimum atomic E-state index is -0.534. The molecule has 3 rings (SSSR count). The van der Waals surface area contributed by atoms with Crippen molar-refractivity contribution in [1.82, 2.24) is 14.8 Å². The number of thioether (sulfide) groups is 1. The zero-order valence-corrected chi connectivity index (χ0v) is 17.5. The van der Waals surface area contributed by atoms with Gasteiger partial charge in [0.15, 0.2) is 17.1 Å². The van der Waals surface area contributed by atoms with Crippen LogP contribution in [0.2, 0.25) is 0 Å². The standard InChI is InChI=1S/C20H21N5O4S/c1-13-7-6-8-15(11-13)29-14(2)19-22-23-20(24(19)3)30-12-18(26)21-16-9-4-5-10-17(16)25(27)28/h4-11,14H,12H2,1-3H3,(H,21,26). The SMILES string of the molecule is Cc1cccc(OC(C)c2nnc(SCC(=O)Nc3ccccc3[N+](=O)[O-])n2C)c1. The monoisotopic (exact) mass is 427 g/mol. The van der Waals surface area contributed by atoms with Crippen molar-refractivity contribution in [3.63, 3.8) is 0 Å². The minimum Gasteiger partial charge on any atom is -0.483 e. The van der Waals surface area contributed by atoms with Gasteiger partial charge in [-0.3, -0.25) is 14.9 Å². The average molecular weight is 427 g/mol. The van der Waals surface area contributed by atoms with E-state index in [4.69, 9.17) is 4.74 Å². The lowest BCUT2D eigenvalue weighted by atomic mass is 10.2. The highest BCUT2D eigenvalue weighted by molar-refractivity contribution is 7.99. The van der Waals surface area contributed by atoms with Crippen molar-refractivity contribution < 1.29 is 14.5 Å². The number of aryl methyl sites for hydroxylation is 1. The summed E-state index contributed by atoms with van der Waals surface area (Å²) in [7, 11) is 1.80. The van der Waals surface area contributed by atoms with E-state index in [9.17, 15) is 14.9 Å². The van der Waals surface area contributed by atoms with Crippen molar-refractivity contribution in [3.05, 3.63) is 70.0 Å². The fourth-order valence-electron chi connectivity index (χ4n) is 2.81. The Morgan fingerprint density at radius 1 is 1.27 bits per heavy atom. The zero-order valence-electron chi connectivity index (χ0n) is 16.7. The fraction of sp³-hybridized carbons (Fsp3) is 0.250. The molecule has 1 heterocycles. The van der Waals surface area contributed by atoms with Crippen molar-refractivity contribution >= 4 is 29.0 Å². The van der Waals surface area contributed by atoms with Crippen LogP contribution in [0.3, 0.4) is 0 Å². The number of hydrogen-bond donors (Lipinski definition) is 1. The van der Waals surface area contributed by atoms with E-state index in [1.807, 2.05) is 38.1 Å². The molecule has 30 heavy (non-hydrogen) atoms. The number of nitrogens with zero attached hydrogens (tertiary/aromatic N) is 4. The number of carbonyl (C=O) groups is 1. The topological polar surface area (TPSA) is 112 Å². The second kappa shape index (κ2) is 9.40. The molecule has 0 saturated heterocycles. The van der Waals surface area contributed by atoms with Crippen molar-refractivity contribution in [2.24, 2.45) is 7.05 Å². The Labute approximate surface area is 177 Å². The maximum absolute atomic E-state index is 12.2. The summed E-state index contributed by atoms with van der Waals surface area (Å²) >= 11 is 1.19. The number of benzene rings is 2. The van der Waals surface area contributed by atoms with Gasteiger partial charge >= 0.3 is 0 Å². The Hall–Kier alpha value is -3.40. The molecular formula is C20H21N5O4S. The van der Waals surface area contributed by atoms with E-state index in [1.54, 1.807) is 23.7 Å². The molecule has 1 unspecified atom stereocenters. The first-order valence-electron chi connectivity index (χ1n) is 9.14. The molecule has 1 atom stereocenters. The molecule has 156 valence electrons. The lowest BCUT2D eigenvalue weighted by Crippen LogP contribution is -2.15. The van der Waals surface area contributed by atoms with Gasteiger partial charge in [-0.1, -0.05) is 36.0 Å². The van der Waals surface area contributed by atoms with Crippen LogP contribution in [0.4, 0.5) is 11.4 Å². The van der Waals surface area contributed by atoms with Gasteiger partial charge < -0.3 is 14.6 Å². The van der Waals surface area contributed by atoms with Gasteiger partial charge in [0, 0.05) is 13.1 Å². The third-order valence-corrected chi connectivity index (χ3v) is 5.26. The third kappa shape index (κ3) is 5.15. The van der Waals surface area contributed by atoms with E-state index >= 15 is 0 Å². The Morgan fingerprint density at radius 2 is 2.03 bits per heavy atom. The number of nitro benzene ring substituents is 1. The molecule has 1 N–H and O–H groups in total. The average Bonchev–Trinajstić information content (AvgIpc) is 3.07. The number of nitro groups is 1. The predicted molar refractivity (Wildman–Crippen MR) is 114 cm³/mol. The molecular weight excluding hydrogens is 406 g/mol. The molecule has 1 aromatic heterocycles. The van der Waals surface area contributed by atoms with Gasteiger partial charge in [0.25, 0.3) is 5.69 Å². The predicted octanol–water partition coefficient (Wildman–Crippen LogP) is 3.90. The van der Waals surface area contributed by atoms with E-state index in [0.717, 1.165) is 11.3 Å². The van der Waals surface area contributed by atoms with Gasteiger partial charge in [-0.15, -0.1) is 10.2 Å². The van der Waals surface area contributed by atoms with E-state index in [0.29, 0.717) is 11.0 Å². The summed E-state index contributed by atoms with van der Waals surface area (Å²) in [4.78, 5) is 22.8. The van der Waals surface area contributed by atoms with Crippen molar-refractivity contribution in [1.29, 1.82) is 0 Å². The number of hydrogen-bond acceptors (Lipinski definition) is 7. The van der Waals surface area contributed by atoms with Crippen LogP contribution in [0, 0.1) is 17.0 Å². The van der Waals surface area contributed by atoms with Crippen LogP contribution in [0.1, 0.15) is 24.4 Å². The summed E-state index contributed by atoms with van der Waals surface area (Å²) in [6.45, 7) is 3.87. The maximum Gasteiger partial charge on any atom is 0.292 e. The van der Waals surface area contributed by atoms with Gasteiger partial charge in [0.2, 0.25) is 5.91 Å². The highest BCUT2D eigenvalue weighted by Crippen LogP contribution is 2.26. The van der Waals surface area contributed by atoms with Crippen molar-refractivity contribution in [3.8, 4) is 5.75 Å². The summed E-state index contributed by atoms with van der Waals surface area (Å²) in [5.74, 6) is 1.02. The molecule has 0 aliphatic rings. The second-order valence-corrected chi connectivity index (χ2v) is 7.53. The number of ether oxygens (including phenoxy) is 1. The molecule has 10 heteroatoms. The fourth-order valence-corrected chi connectivity index (χ4v) is 3.52. The molecule has 0 saturated carbocycles. The molecule has 9 nitrogen and oxygen atoms in total. The Morgan fingerprint density at radius 3 is 2.77 bits per heavy atom. The third-order valence-electron chi connectivity index (χ3n) is 4.24. The number of nitrogens with one attached hydrogen (secondary N) is 1. The molecule has 0 aliphatic carbocycles. The molecule has 0 aliphatic heterocycles. The molecule has 0 spiro atoms. The number of anilines is 1. The number of para-hydroxylation sites is 2. The minimum absolute atomic E-state index is 0.0329. The Balaban J connectivity index is 1.61. The molecule has 1 amide bonds. The van der Waals surface area contributed by atoms with Crippen LogP contribution in [0.25, 0.3) is 0 Å². The first kappa shape index (κ1) is 21.3. The molecule has 0 fully saturated rings. The number of carbonyl (C=O) groups excluding carboxylic acids is 1. The zero-order chi connectivity index (χ0) is 21.7. The highest BCUT2D eigenvalue weighted by Gasteiger charge is 2.19. The van der Waals surface area contributed by atoms with E-state index in [-0.39, 0.29) is 29.1 Å².